The second-order valence-electron chi connectivity index (χ2n) is 3.89. The molecule has 1 nitrogen and oxygen atoms in total. The first-order valence-corrected chi connectivity index (χ1v) is 4.96. The van der Waals surface area contributed by atoms with Gasteiger partial charge >= 0.3 is 0 Å². The van der Waals surface area contributed by atoms with Gasteiger partial charge in [0.25, 0.3) is 0 Å². The van der Waals surface area contributed by atoms with Crippen molar-refractivity contribution in [2.45, 2.75) is 33.1 Å². The predicted molar refractivity (Wildman–Crippen MR) is 49.7 cm³/mol. The Balaban J connectivity index is 2.34. The van der Waals surface area contributed by atoms with E-state index in [1.807, 2.05) is 0 Å². The summed E-state index contributed by atoms with van der Waals surface area (Å²) in [6.07, 6.45) is 4.17. The van der Waals surface area contributed by atoms with Crippen LogP contribution in [0.4, 0.5) is 0 Å². The molecule has 11 heavy (non-hydrogen) atoms. The van der Waals surface area contributed by atoms with Crippen LogP contribution in [0, 0.1) is 11.8 Å². The standard InChI is InChI=1S/C10H21N/c1-4-9(5-2)10-6-7-11(3)8-10/h9-10H,4-8H2,1-3H3. The zero-order valence-corrected chi connectivity index (χ0v) is 8.14. The van der Waals surface area contributed by atoms with Crippen molar-refractivity contribution in [3.05, 3.63) is 0 Å². The highest BCUT2D eigenvalue weighted by molar-refractivity contribution is 4.77. The van der Waals surface area contributed by atoms with Gasteiger partial charge in [-0.1, -0.05) is 26.7 Å². The van der Waals surface area contributed by atoms with Crippen LogP contribution >= 0.6 is 0 Å². The molecule has 1 heterocycles. The highest BCUT2D eigenvalue weighted by atomic mass is 15.1. The van der Waals surface area contributed by atoms with E-state index in [2.05, 4.69) is 25.8 Å². The van der Waals surface area contributed by atoms with E-state index >= 15 is 0 Å². The molecular formula is C10H21N. The molecule has 1 atom stereocenters. The Morgan fingerprint density at radius 1 is 1.36 bits per heavy atom. The number of likely N-dealkylation sites (tertiary alicyclic amines) is 1. The molecule has 1 rings (SSSR count). The van der Waals surface area contributed by atoms with Crippen molar-refractivity contribution < 1.29 is 0 Å². The maximum atomic E-state index is 2.46. The minimum absolute atomic E-state index is 0.986. The summed E-state index contributed by atoms with van der Waals surface area (Å²) in [4.78, 5) is 2.46. The first-order chi connectivity index (χ1) is 5.27. The van der Waals surface area contributed by atoms with Crippen molar-refractivity contribution in [2.75, 3.05) is 20.1 Å². The third-order valence-corrected chi connectivity index (χ3v) is 3.14. The van der Waals surface area contributed by atoms with Crippen molar-refractivity contribution in [3.8, 4) is 0 Å². The minimum atomic E-state index is 0.986. The molecule has 0 aliphatic carbocycles. The molecule has 0 aromatic carbocycles. The van der Waals surface area contributed by atoms with E-state index in [4.69, 9.17) is 0 Å². The summed E-state index contributed by atoms with van der Waals surface area (Å²) in [5.41, 5.74) is 0. The maximum absolute atomic E-state index is 2.46. The molecule has 0 spiro atoms. The van der Waals surface area contributed by atoms with Crippen molar-refractivity contribution in [1.82, 2.24) is 4.90 Å². The molecule has 0 N–H and O–H groups in total. The minimum Gasteiger partial charge on any atom is -0.306 e. The zero-order chi connectivity index (χ0) is 8.27. The summed E-state index contributed by atoms with van der Waals surface area (Å²) in [5.74, 6) is 1.98. The number of hydrogen-bond donors (Lipinski definition) is 0. The topological polar surface area (TPSA) is 3.24 Å². The largest absolute Gasteiger partial charge is 0.306 e. The summed E-state index contributed by atoms with van der Waals surface area (Å²) in [6, 6.07) is 0. The normalized spacial score (nSPS) is 26.7. The first kappa shape index (κ1) is 9.05. The van der Waals surface area contributed by atoms with Gasteiger partial charge in [-0.15, -0.1) is 0 Å². The van der Waals surface area contributed by atoms with Crippen molar-refractivity contribution in [3.63, 3.8) is 0 Å². The molecule has 0 radical (unpaired) electrons. The van der Waals surface area contributed by atoms with E-state index in [0.717, 1.165) is 11.8 Å². The fourth-order valence-electron chi connectivity index (χ4n) is 2.31. The van der Waals surface area contributed by atoms with E-state index in [-0.39, 0.29) is 0 Å². The molecule has 0 bridgehead atoms. The first-order valence-electron chi connectivity index (χ1n) is 4.96. The van der Waals surface area contributed by atoms with Crippen LogP contribution in [0.5, 0.6) is 0 Å². The van der Waals surface area contributed by atoms with Crippen LogP contribution in [-0.4, -0.2) is 25.0 Å². The molecule has 0 amide bonds. The number of hydrogen-bond acceptors (Lipinski definition) is 1. The number of rotatable bonds is 3. The quantitative estimate of drug-likeness (QED) is 0.605. The molecule has 0 aromatic rings. The second-order valence-corrected chi connectivity index (χ2v) is 3.89. The lowest BCUT2D eigenvalue weighted by Gasteiger charge is -2.19. The van der Waals surface area contributed by atoms with E-state index in [1.165, 1.54) is 32.4 Å². The van der Waals surface area contributed by atoms with Gasteiger partial charge in [0, 0.05) is 6.54 Å². The lowest BCUT2D eigenvalue weighted by Crippen LogP contribution is -2.18. The third kappa shape index (κ3) is 2.19. The van der Waals surface area contributed by atoms with Crippen LogP contribution in [0.2, 0.25) is 0 Å². The molecule has 1 fully saturated rings. The van der Waals surface area contributed by atoms with Gasteiger partial charge in [-0.05, 0) is 31.8 Å². The summed E-state index contributed by atoms with van der Waals surface area (Å²) >= 11 is 0. The molecule has 1 aliphatic rings. The summed E-state index contributed by atoms with van der Waals surface area (Å²) in [5, 5.41) is 0. The smallest absolute Gasteiger partial charge is 0.000973 e. The third-order valence-electron chi connectivity index (χ3n) is 3.14. The highest BCUT2D eigenvalue weighted by Gasteiger charge is 2.24. The Hall–Kier alpha value is -0.0400. The Morgan fingerprint density at radius 3 is 2.36 bits per heavy atom. The van der Waals surface area contributed by atoms with E-state index < -0.39 is 0 Å². The maximum Gasteiger partial charge on any atom is 0.000973 e. The van der Waals surface area contributed by atoms with Gasteiger partial charge < -0.3 is 4.90 Å². The van der Waals surface area contributed by atoms with Gasteiger partial charge in [0.1, 0.15) is 0 Å². The van der Waals surface area contributed by atoms with Crippen LogP contribution in [0.15, 0.2) is 0 Å². The van der Waals surface area contributed by atoms with Crippen LogP contribution in [-0.2, 0) is 0 Å². The average molecular weight is 155 g/mol. The Morgan fingerprint density at radius 2 is 2.00 bits per heavy atom. The predicted octanol–water partition coefficient (Wildman–Crippen LogP) is 2.37. The van der Waals surface area contributed by atoms with Crippen LogP contribution in [0.3, 0.4) is 0 Å². The monoisotopic (exact) mass is 155 g/mol. The highest BCUT2D eigenvalue weighted by Crippen LogP contribution is 2.27. The van der Waals surface area contributed by atoms with E-state index in [0.29, 0.717) is 0 Å². The van der Waals surface area contributed by atoms with Gasteiger partial charge in [-0.25, -0.2) is 0 Å². The Kier molecular flexibility index (Phi) is 3.38. The van der Waals surface area contributed by atoms with Gasteiger partial charge in [-0.3, -0.25) is 0 Å². The van der Waals surface area contributed by atoms with Gasteiger partial charge in [0.2, 0.25) is 0 Å². The van der Waals surface area contributed by atoms with Crippen molar-refractivity contribution >= 4 is 0 Å². The average Bonchev–Trinajstić information content (AvgIpc) is 2.39. The Bertz CT molecular complexity index is 107. The molecule has 1 aliphatic heterocycles. The lowest BCUT2D eigenvalue weighted by atomic mass is 9.87. The van der Waals surface area contributed by atoms with Gasteiger partial charge in [0.15, 0.2) is 0 Å². The number of nitrogens with zero attached hydrogens (tertiary/aromatic N) is 1. The second kappa shape index (κ2) is 4.10. The molecule has 1 unspecified atom stereocenters. The zero-order valence-electron chi connectivity index (χ0n) is 8.14. The molecule has 0 aromatic heterocycles. The lowest BCUT2D eigenvalue weighted by molar-refractivity contribution is 0.304. The Labute approximate surface area is 70.8 Å². The van der Waals surface area contributed by atoms with Gasteiger partial charge in [-0.2, -0.15) is 0 Å². The molecule has 66 valence electrons. The fraction of sp³-hybridized carbons (Fsp3) is 1.00. The van der Waals surface area contributed by atoms with E-state index in [1.54, 1.807) is 0 Å². The van der Waals surface area contributed by atoms with Crippen LogP contribution in [0.1, 0.15) is 33.1 Å². The summed E-state index contributed by atoms with van der Waals surface area (Å²) in [6.45, 7) is 7.31. The molecule has 1 heteroatoms. The summed E-state index contributed by atoms with van der Waals surface area (Å²) < 4.78 is 0. The molecular weight excluding hydrogens is 134 g/mol. The van der Waals surface area contributed by atoms with Crippen molar-refractivity contribution in [1.29, 1.82) is 0 Å². The van der Waals surface area contributed by atoms with Crippen LogP contribution < -0.4 is 0 Å². The van der Waals surface area contributed by atoms with Gasteiger partial charge in [0.05, 0.1) is 0 Å². The molecule has 1 saturated heterocycles. The van der Waals surface area contributed by atoms with Crippen LogP contribution in [0.25, 0.3) is 0 Å². The van der Waals surface area contributed by atoms with Crippen molar-refractivity contribution in [2.24, 2.45) is 11.8 Å². The van der Waals surface area contributed by atoms with E-state index in [9.17, 15) is 0 Å². The summed E-state index contributed by atoms with van der Waals surface area (Å²) in [7, 11) is 2.24. The SMILES string of the molecule is CCC(CC)C1CCN(C)C1. The molecule has 0 saturated carbocycles. The fourth-order valence-corrected chi connectivity index (χ4v) is 2.31.